The van der Waals surface area contributed by atoms with Gasteiger partial charge in [-0.15, -0.1) is 0 Å². The first-order valence-corrected chi connectivity index (χ1v) is 15.6. The maximum Gasteiger partial charge on any atom is 0.338 e. The van der Waals surface area contributed by atoms with Gasteiger partial charge in [-0.25, -0.2) is 24.4 Å². The SMILES string of the molecule is CN(C)c1ncnc2c1c1ncccc1n2[C@@H]1O[C@H](COC(=O)c2ccccc2)[C@@H](OC(=O)c2ccccc2)[C@H]1OC(=O)c1ccccc1. The first kappa shape index (κ1) is 31.5. The third-order valence-electron chi connectivity index (χ3n) is 8.18. The van der Waals surface area contributed by atoms with E-state index in [1.165, 1.54) is 6.33 Å². The monoisotopic (exact) mass is 657 g/mol. The van der Waals surface area contributed by atoms with Gasteiger partial charge in [0.05, 0.1) is 27.6 Å². The fourth-order valence-electron chi connectivity index (χ4n) is 5.92. The molecular formula is C37H31N5O7. The van der Waals surface area contributed by atoms with Crippen LogP contribution < -0.4 is 4.90 Å². The molecule has 0 aliphatic carbocycles. The highest BCUT2D eigenvalue weighted by atomic mass is 16.7. The Kier molecular flexibility index (Phi) is 8.69. The van der Waals surface area contributed by atoms with Crippen molar-refractivity contribution in [2.75, 3.05) is 25.6 Å². The predicted octanol–water partition coefficient (Wildman–Crippen LogP) is 5.25. The second kappa shape index (κ2) is 13.5. The molecule has 4 heterocycles. The van der Waals surface area contributed by atoms with Crippen molar-refractivity contribution in [2.24, 2.45) is 0 Å². The van der Waals surface area contributed by atoms with Crippen LogP contribution in [0.1, 0.15) is 37.3 Å². The molecule has 3 aromatic heterocycles. The number of hydrogen-bond donors (Lipinski definition) is 0. The van der Waals surface area contributed by atoms with Crippen molar-refractivity contribution in [3.05, 3.63) is 132 Å². The van der Waals surface area contributed by atoms with Crippen LogP contribution in [0.3, 0.4) is 0 Å². The molecule has 0 spiro atoms. The van der Waals surface area contributed by atoms with Gasteiger partial charge in [0, 0.05) is 20.3 Å². The lowest BCUT2D eigenvalue weighted by Gasteiger charge is -2.25. The molecule has 0 unspecified atom stereocenters. The normalized spacial score (nSPS) is 18.7. The molecule has 3 aromatic carbocycles. The van der Waals surface area contributed by atoms with Crippen molar-refractivity contribution >= 4 is 45.8 Å². The van der Waals surface area contributed by atoms with Crippen LogP contribution in [0.4, 0.5) is 5.82 Å². The van der Waals surface area contributed by atoms with E-state index in [2.05, 4.69) is 15.0 Å². The number of benzene rings is 3. The number of nitrogens with zero attached hydrogens (tertiary/aromatic N) is 5. The van der Waals surface area contributed by atoms with Gasteiger partial charge in [-0.1, -0.05) is 54.6 Å². The maximum absolute atomic E-state index is 13.7. The molecular weight excluding hydrogens is 626 g/mol. The molecule has 7 rings (SSSR count). The van der Waals surface area contributed by atoms with Crippen LogP contribution in [-0.2, 0) is 18.9 Å². The number of anilines is 1. The number of fused-ring (bicyclic) bond motifs is 3. The first-order valence-electron chi connectivity index (χ1n) is 15.6. The number of ether oxygens (including phenoxy) is 4. The summed E-state index contributed by atoms with van der Waals surface area (Å²) in [5.41, 5.74) is 2.56. The number of pyridine rings is 1. The van der Waals surface area contributed by atoms with E-state index in [0.717, 1.165) is 0 Å². The summed E-state index contributed by atoms with van der Waals surface area (Å²) in [6.45, 7) is -0.316. The zero-order valence-electron chi connectivity index (χ0n) is 26.6. The molecule has 1 aliphatic rings. The molecule has 12 heteroatoms. The number of esters is 3. The lowest BCUT2D eigenvalue weighted by Crippen LogP contribution is -2.41. The van der Waals surface area contributed by atoms with E-state index in [4.69, 9.17) is 18.9 Å². The smallest absolute Gasteiger partial charge is 0.338 e. The van der Waals surface area contributed by atoms with Crippen LogP contribution in [-0.4, -0.2) is 76.4 Å². The van der Waals surface area contributed by atoms with Gasteiger partial charge in [-0.3, -0.25) is 9.55 Å². The summed E-state index contributed by atoms with van der Waals surface area (Å²) in [5.74, 6) is -1.31. The number of rotatable bonds is 9. The largest absolute Gasteiger partial charge is 0.459 e. The summed E-state index contributed by atoms with van der Waals surface area (Å²) in [7, 11) is 3.72. The number of carbonyl (C=O) groups is 3. The topological polar surface area (TPSA) is 135 Å². The van der Waals surface area contributed by atoms with E-state index in [9.17, 15) is 14.4 Å². The molecule has 0 amide bonds. The fourth-order valence-corrected chi connectivity index (χ4v) is 5.92. The fraction of sp³-hybridized carbons (Fsp3) is 0.189. The molecule has 246 valence electrons. The molecule has 1 fully saturated rings. The lowest BCUT2D eigenvalue weighted by atomic mass is 10.1. The van der Waals surface area contributed by atoms with Crippen molar-refractivity contribution in [1.29, 1.82) is 0 Å². The van der Waals surface area contributed by atoms with Gasteiger partial charge < -0.3 is 23.8 Å². The highest BCUT2D eigenvalue weighted by molar-refractivity contribution is 6.09. The molecule has 0 saturated carbocycles. The van der Waals surface area contributed by atoms with E-state index >= 15 is 0 Å². The number of aromatic nitrogens is 4. The van der Waals surface area contributed by atoms with Crippen LogP contribution in [0, 0.1) is 0 Å². The standard InChI is InChI=1S/C37H31N5O7/c1-41(2)32-28-29-26(19-12-20-38-29)42(33(28)40-22-39-32)34-31(49-37(45)25-17-10-5-11-18-25)30(48-36(44)24-15-8-4-9-16-24)27(47-34)21-46-35(43)23-13-6-3-7-14-23/h3-20,22,27,30-31,34H,21H2,1-2H3/t27-,30-,31-,34-/m1/s1. The minimum absolute atomic E-state index is 0.281. The average molecular weight is 658 g/mol. The molecule has 6 aromatic rings. The summed E-state index contributed by atoms with van der Waals surface area (Å²) in [5, 5.41) is 0.650. The van der Waals surface area contributed by atoms with Crippen LogP contribution >= 0.6 is 0 Å². The third kappa shape index (κ3) is 6.17. The lowest BCUT2D eigenvalue weighted by molar-refractivity contribution is -0.0588. The minimum atomic E-state index is -1.22. The molecule has 0 bridgehead atoms. The van der Waals surface area contributed by atoms with E-state index in [-0.39, 0.29) is 17.7 Å². The molecule has 0 radical (unpaired) electrons. The second-order valence-electron chi connectivity index (χ2n) is 11.5. The average Bonchev–Trinajstić information content (AvgIpc) is 3.65. The molecule has 12 nitrogen and oxygen atoms in total. The molecule has 4 atom stereocenters. The highest BCUT2D eigenvalue weighted by Crippen LogP contribution is 2.41. The minimum Gasteiger partial charge on any atom is -0.459 e. The van der Waals surface area contributed by atoms with Crippen LogP contribution in [0.5, 0.6) is 0 Å². The summed E-state index contributed by atoms with van der Waals surface area (Å²) in [4.78, 5) is 55.9. The predicted molar refractivity (Wildman–Crippen MR) is 179 cm³/mol. The first-order chi connectivity index (χ1) is 23.9. The van der Waals surface area contributed by atoms with Gasteiger partial charge in [-0.05, 0) is 48.5 Å². The van der Waals surface area contributed by atoms with Crippen molar-refractivity contribution in [3.8, 4) is 0 Å². The Morgan fingerprint density at radius 1 is 0.714 bits per heavy atom. The third-order valence-corrected chi connectivity index (χ3v) is 8.18. The van der Waals surface area contributed by atoms with E-state index in [0.29, 0.717) is 33.4 Å². The van der Waals surface area contributed by atoms with Gasteiger partial charge in [-0.2, -0.15) is 0 Å². The van der Waals surface area contributed by atoms with E-state index in [1.807, 2.05) is 25.1 Å². The Morgan fingerprint density at radius 3 is 1.88 bits per heavy atom. The quantitative estimate of drug-likeness (QED) is 0.149. The van der Waals surface area contributed by atoms with E-state index < -0.39 is 42.4 Å². The number of carbonyl (C=O) groups excluding carboxylic acids is 3. The Balaban J connectivity index is 1.35. The van der Waals surface area contributed by atoms with Crippen molar-refractivity contribution in [1.82, 2.24) is 19.5 Å². The molecule has 1 aliphatic heterocycles. The van der Waals surface area contributed by atoms with Gasteiger partial charge >= 0.3 is 17.9 Å². The van der Waals surface area contributed by atoms with Gasteiger partial charge in [0.2, 0.25) is 0 Å². The van der Waals surface area contributed by atoms with Gasteiger partial charge in [0.15, 0.2) is 18.4 Å². The zero-order chi connectivity index (χ0) is 33.9. The Bertz CT molecular complexity index is 2120. The van der Waals surface area contributed by atoms with E-state index in [1.54, 1.807) is 108 Å². The van der Waals surface area contributed by atoms with Crippen LogP contribution in [0.15, 0.2) is 116 Å². The van der Waals surface area contributed by atoms with Crippen molar-refractivity contribution in [2.45, 2.75) is 24.5 Å². The maximum atomic E-state index is 13.7. The van der Waals surface area contributed by atoms with Crippen molar-refractivity contribution < 1.29 is 33.3 Å². The van der Waals surface area contributed by atoms with Crippen LogP contribution in [0.25, 0.3) is 22.1 Å². The van der Waals surface area contributed by atoms with Crippen LogP contribution in [0.2, 0.25) is 0 Å². The Morgan fingerprint density at radius 2 is 1.29 bits per heavy atom. The van der Waals surface area contributed by atoms with Gasteiger partial charge in [0.1, 0.15) is 36.0 Å². The summed E-state index contributed by atoms with van der Waals surface area (Å²) in [6.07, 6.45) is -1.50. The summed E-state index contributed by atoms with van der Waals surface area (Å²) >= 11 is 0. The Labute approximate surface area is 280 Å². The van der Waals surface area contributed by atoms with Gasteiger partial charge in [0.25, 0.3) is 0 Å². The molecule has 49 heavy (non-hydrogen) atoms. The summed E-state index contributed by atoms with van der Waals surface area (Å²) in [6, 6.07) is 29.0. The highest BCUT2D eigenvalue weighted by Gasteiger charge is 2.52. The second-order valence-corrected chi connectivity index (χ2v) is 11.5. The zero-order valence-corrected chi connectivity index (χ0v) is 26.6. The number of hydrogen-bond acceptors (Lipinski definition) is 11. The Hall–Kier alpha value is -6.14. The van der Waals surface area contributed by atoms with Crippen molar-refractivity contribution in [3.63, 3.8) is 0 Å². The summed E-state index contributed by atoms with van der Waals surface area (Å²) < 4.78 is 26.4. The molecule has 1 saturated heterocycles. The molecule has 0 N–H and O–H groups in total.